The van der Waals surface area contributed by atoms with Crippen molar-refractivity contribution in [2.45, 2.75) is 37.7 Å². The van der Waals surface area contributed by atoms with Gasteiger partial charge in [-0.2, -0.15) is 13.2 Å². The highest BCUT2D eigenvalue weighted by Crippen LogP contribution is 2.33. The minimum absolute atomic E-state index is 0.132. The smallest absolute Gasteiger partial charge is 0.166 e. The first-order valence-corrected chi connectivity index (χ1v) is 6.53. The maximum Gasteiger partial charge on any atom is 0.416 e. The zero-order valence-electron chi connectivity index (χ0n) is 9.89. The minimum Gasteiger partial charge on any atom is -0.166 e. The Balaban J connectivity index is 2.67. The molecule has 0 nitrogen and oxygen atoms in total. The Kier molecular flexibility index (Phi) is 5.04. The molecule has 0 aliphatic heterocycles. The summed E-state index contributed by atoms with van der Waals surface area (Å²) in [5.41, 5.74) is 0.309. The Hall–Kier alpha value is -0.510. The van der Waals surface area contributed by atoms with E-state index in [1.807, 2.05) is 0 Å². The zero-order chi connectivity index (χ0) is 13.1. The Morgan fingerprint density at radius 3 is 2.00 bits per heavy atom. The number of rotatable bonds is 4. The van der Waals surface area contributed by atoms with Crippen molar-refractivity contribution in [1.82, 2.24) is 0 Å². The Bertz CT molecular complexity index is 341. The van der Waals surface area contributed by atoms with Crippen LogP contribution in [-0.4, -0.2) is 0 Å². The van der Waals surface area contributed by atoms with E-state index in [0.29, 0.717) is 5.92 Å². The number of halogens is 4. The summed E-state index contributed by atoms with van der Waals surface area (Å²) in [4.78, 5) is 0.132. The Labute approximate surface area is 108 Å². The van der Waals surface area contributed by atoms with Crippen molar-refractivity contribution in [2.24, 2.45) is 5.92 Å². The van der Waals surface area contributed by atoms with Gasteiger partial charge in [0.05, 0.1) is 5.56 Å². The van der Waals surface area contributed by atoms with Crippen molar-refractivity contribution in [3.63, 3.8) is 0 Å². The molecular weight excluding hydrogens is 293 g/mol. The molecule has 0 aliphatic carbocycles. The highest BCUT2D eigenvalue weighted by Gasteiger charge is 2.30. The largest absolute Gasteiger partial charge is 0.416 e. The van der Waals surface area contributed by atoms with Crippen molar-refractivity contribution in [3.8, 4) is 0 Å². The summed E-state index contributed by atoms with van der Waals surface area (Å²) in [7, 11) is 0. The molecule has 0 bridgehead atoms. The predicted molar refractivity (Wildman–Crippen MR) is 67.2 cm³/mol. The average Bonchev–Trinajstić information content (AvgIpc) is 2.25. The summed E-state index contributed by atoms with van der Waals surface area (Å²) in [5.74, 6) is 0.601. The first-order valence-electron chi connectivity index (χ1n) is 5.62. The quantitative estimate of drug-likeness (QED) is 0.637. The number of hydrogen-bond acceptors (Lipinski definition) is 0. The third-order valence-electron chi connectivity index (χ3n) is 2.60. The van der Waals surface area contributed by atoms with Gasteiger partial charge in [0.25, 0.3) is 0 Å². The summed E-state index contributed by atoms with van der Waals surface area (Å²) >= 11 is 3.51. The second kappa shape index (κ2) is 5.89. The second-order valence-corrected chi connectivity index (χ2v) is 5.66. The van der Waals surface area contributed by atoms with Crippen molar-refractivity contribution in [2.75, 3.05) is 0 Å². The van der Waals surface area contributed by atoms with Gasteiger partial charge in [0.2, 0.25) is 0 Å². The van der Waals surface area contributed by atoms with Gasteiger partial charge >= 0.3 is 6.18 Å². The first kappa shape index (κ1) is 14.6. The molecule has 0 aromatic heterocycles. The van der Waals surface area contributed by atoms with Crippen LogP contribution in [0.5, 0.6) is 0 Å². The van der Waals surface area contributed by atoms with Crippen LogP contribution in [-0.2, 0) is 6.18 Å². The molecule has 0 fully saturated rings. The van der Waals surface area contributed by atoms with Gasteiger partial charge in [-0.15, -0.1) is 0 Å². The number of benzene rings is 1. The van der Waals surface area contributed by atoms with Crippen molar-refractivity contribution in [1.29, 1.82) is 0 Å². The van der Waals surface area contributed by atoms with E-state index in [0.717, 1.165) is 30.5 Å². The topological polar surface area (TPSA) is 0 Å². The highest BCUT2D eigenvalue weighted by atomic mass is 79.9. The van der Waals surface area contributed by atoms with Crippen molar-refractivity contribution < 1.29 is 13.2 Å². The molecule has 0 spiro atoms. The lowest BCUT2D eigenvalue weighted by Crippen LogP contribution is -2.04. The molecule has 1 unspecified atom stereocenters. The molecule has 1 atom stereocenters. The van der Waals surface area contributed by atoms with Gasteiger partial charge in [0, 0.05) is 4.83 Å². The molecule has 0 amide bonds. The third-order valence-corrected chi connectivity index (χ3v) is 3.58. The molecule has 0 radical (unpaired) electrons. The maximum absolute atomic E-state index is 12.4. The molecule has 0 saturated carbocycles. The molecule has 0 aliphatic rings. The Morgan fingerprint density at radius 2 is 1.59 bits per heavy atom. The monoisotopic (exact) mass is 308 g/mol. The molecule has 1 aromatic rings. The van der Waals surface area contributed by atoms with Crippen LogP contribution in [0.1, 0.15) is 42.6 Å². The molecule has 17 heavy (non-hydrogen) atoms. The van der Waals surface area contributed by atoms with Gasteiger partial charge in [-0.05, 0) is 36.5 Å². The van der Waals surface area contributed by atoms with Gasteiger partial charge < -0.3 is 0 Å². The number of alkyl halides is 4. The van der Waals surface area contributed by atoms with Crippen LogP contribution in [0.15, 0.2) is 24.3 Å². The standard InChI is InChI=1S/C13H16BrF3/c1-9(2)3-8-12(14)10-4-6-11(7-5-10)13(15,16)17/h4-7,9,12H,3,8H2,1-2H3. The van der Waals surface area contributed by atoms with Crippen LogP contribution in [0.2, 0.25) is 0 Å². The van der Waals surface area contributed by atoms with Crippen LogP contribution in [0.3, 0.4) is 0 Å². The third kappa shape index (κ3) is 4.70. The van der Waals surface area contributed by atoms with Crippen LogP contribution in [0, 0.1) is 5.92 Å². The van der Waals surface area contributed by atoms with E-state index >= 15 is 0 Å². The fraction of sp³-hybridized carbons (Fsp3) is 0.538. The lowest BCUT2D eigenvalue weighted by Gasteiger charge is -2.13. The maximum atomic E-state index is 12.4. The zero-order valence-corrected chi connectivity index (χ0v) is 11.5. The van der Waals surface area contributed by atoms with E-state index in [9.17, 15) is 13.2 Å². The van der Waals surface area contributed by atoms with Crippen molar-refractivity contribution >= 4 is 15.9 Å². The molecule has 0 heterocycles. The first-order chi connectivity index (χ1) is 7.80. The molecule has 0 saturated heterocycles. The molecule has 4 heteroatoms. The van der Waals surface area contributed by atoms with Crippen LogP contribution in [0.25, 0.3) is 0 Å². The molecular formula is C13H16BrF3. The van der Waals surface area contributed by atoms with Crippen LogP contribution in [0.4, 0.5) is 13.2 Å². The van der Waals surface area contributed by atoms with E-state index < -0.39 is 11.7 Å². The highest BCUT2D eigenvalue weighted by molar-refractivity contribution is 9.09. The van der Waals surface area contributed by atoms with Gasteiger partial charge in [-0.25, -0.2) is 0 Å². The van der Waals surface area contributed by atoms with Gasteiger partial charge in [-0.1, -0.05) is 41.9 Å². The fourth-order valence-electron chi connectivity index (χ4n) is 1.53. The summed E-state index contributed by atoms with van der Waals surface area (Å²) < 4.78 is 37.1. The SMILES string of the molecule is CC(C)CCC(Br)c1ccc(C(F)(F)F)cc1. The Morgan fingerprint density at radius 1 is 1.06 bits per heavy atom. The summed E-state index contributed by atoms with van der Waals surface area (Å²) in [5, 5.41) is 0. The fourth-order valence-corrected chi connectivity index (χ4v) is 2.10. The average molecular weight is 309 g/mol. The van der Waals surface area contributed by atoms with Crippen LogP contribution >= 0.6 is 15.9 Å². The minimum atomic E-state index is -4.25. The lowest BCUT2D eigenvalue weighted by atomic mass is 10.0. The number of hydrogen-bond donors (Lipinski definition) is 0. The van der Waals surface area contributed by atoms with Crippen LogP contribution < -0.4 is 0 Å². The molecule has 1 rings (SSSR count). The van der Waals surface area contributed by atoms with E-state index in [1.54, 1.807) is 12.1 Å². The van der Waals surface area contributed by atoms with E-state index in [2.05, 4.69) is 29.8 Å². The summed E-state index contributed by atoms with van der Waals surface area (Å²) in [6, 6.07) is 5.36. The van der Waals surface area contributed by atoms with E-state index in [1.165, 1.54) is 0 Å². The van der Waals surface area contributed by atoms with E-state index in [4.69, 9.17) is 0 Å². The van der Waals surface area contributed by atoms with Gasteiger partial charge in [0.15, 0.2) is 0 Å². The predicted octanol–water partition coefficient (Wildman–Crippen LogP) is 5.58. The van der Waals surface area contributed by atoms with Crippen molar-refractivity contribution in [3.05, 3.63) is 35.4 Å². The normalized spacial score (nSPS) is 14.1. The summed E-state index contributed by atoms with van der Waals surface area (Å²) in [6.45, 7) is 4.26. The lowest BCUT2D eigenvalue weighted by molar-refractivity contribution is -0.137. The van der Waals surface area contributed by atoms with E-state index in [-0.39, 0.29) is 4.83 Å². The van der Waals surface area contributed by atoms with Gasteiger partial charge in [-0.3, -0.25) is 0 Å². The summed E-state index contributed by atoms with van der Waals surface area (Å²) in [6.07, 6.45) is -2.27. The van der Waals surface area contributed by atoms with Gasteiger partial charge in [0.1, 0.15) is 0 Å². The second-order valence-electron chi connectivity index (χ2n) is 4.56. The molecule has 96 valence electrons. The molecule has 1 aromatic carbocycles. The molecule has 0 N–H and O–H groups in total.